The van der Waals surface area contributed by atoms with Crippen LogP contribution >= 0.6 is 0 Å². The Morgan fingerprint density at radius 1 is 0.938 bits per heavy atom. The number of pyridine rings is 1. The normalized spacial score (nSPS) is 17.2. The summed E-state index contributed by atoms with van der Waals surface area (Å²) >= 11 is 0. The summed E-state index contributed by atoms with van der Waals surface area (Å²) in [4.78, 5) is 24.6. The monoisotopic (exact) mass is 433 g/mol. The van der Waals surface area contributed by atoms with E-state index >= 15 is 0 Å². The van der Waals surface area contributed by atoms with Crippen molar-refractivity contribution in [2.75, 3.05) is 62.3 Å². The van der Waals surface area contributed by atoms with Gasteiger partial charge in [0, 0.05) is 56.5 Å². The highest BCUT2D eigenvalue weighted by Gasteiger charge is 2.23. The van der Waals surface area contributed by atoms with Gasteiger partial charge < -0.3 is 24.0 Å². The number of morpholine rings is 1. The summed E-state index contributed by atoms with van der Waals surface area (Å²) in [6.07, 6.45) is 1.98. The molecule has 7 heteroatoms. The van der Waals surface area contributed by atoms with Crippen LogP contribution in [0.1, 0.15) is 11.1 Å². The van der Waals surface area contributed by atoms with Crippen molar-refractivity contribution in [2.24, 2.45) is 0 Å². The van der Waals surface area contributed by atoms with Gasteiger partial charge in [-0.05, 0) is 49.2 Å². The van der Waals surface area contributed by atoms with Crippen LogP contribution in [0.4, 0.5) is 11.5 Å². The molecule has 0 spiro atoms. The number of anilines is 2. The molecule has 0 aliphatic carbocycles. The Morgan fingerprint density at radius 2 is 1.72 bits per heavy atom. The van der Waals surface area contributed by atoms with E-state index in [1.807, 2.05) is 21.7 Å². The van der Waals surface area contributed by atoms with E-state index in [2.05, 4.69) is 54.0 Å². The first-order chi connectivity index (χ1) is 15.6. The first-order valence-corrected chi connectivity index (χ1v) is 11.5. The zero-order valence-corrected chi connectivity index (χ0v) is 19.0. The molecule has 4 heterocycles. The van der Waals surface area contributed by atoms with Crippen molar-refractivity contribution in [3.8, 4) is 0 Å². The predicted molar refractivity (Wildman–Crippen MR) is 127 cm³/mol. The SMILES string of the molecule is Cc1cccc(N2CCN(C(=O)Cn3ccc4ccc(N5CCOCC5)nc43)CC2)c1C. The highest BCUT2D eigenvalue weighted by Crippen LogP contribution is 2.24. The zero-order valence-electron chi connectivity index (χ0n) is 19.0. The highest BCUT2D eigenvalue weighted by atomic mass is 16.5. The second-order valence-corrected chi connectivity index (χ2v) is 8.71. The van der Waals surface area contributed by atoms with Crippen LogP contribution in [-0.2, 0) is 16.1 Å². The molecule has 2 aliphatic rings. The van der Waals surface area contributed by atoms with Gasteiger partial charge in [-0.3, -0.25) is 4.79 Å². The van der Waals surface area contributed by atoms with Crippen molar-refractivity contribution < 1.29 is 9.53 Å². The van der Waals surface area contributed by atoms with Gasteiger partial charge in [0.05, 0.1) is 13.2 Å². The van der Waals surface area contributed by atoms with Crippen molar-refractivity contribution >= 4 is 28.4 Å². The molecule has 2 aliphatic heterocycles. The molecular weight excluding hydrogens is 402 g/mol. The average Bonchev–Trinajstić information content (AvgIpc) is 3.23. The summed E-state index contributed by atoms with van der Waals surface area (Å²) in [6, 6.07) is 12.6. The third-order valence-corrected chi connectivity index (χ3v) is 6.79. The second kappa shape index (κ2) is 8.82. The van der Waals surface area contributed by atoms with Crippen LogP contribution in [0.25, 0.3) is 11.0 Å². The molecular formula is C25H31N5O2. The maximum Gasteiger partial charge on any atom is 0.242 e. The van der Waals surface area contributed by atoms with Crippen LogP contribution in [0.15, 0.2) is 42.6 Å². The smallest absolute Gasteiger partial charge is 0.242 e. The fraction of sp³-hybridized carbons (Fsp3) is 0.440. The predicted octanol–water partition coefficient (Wildman–Crippen LogP) is 2.84. The molecule has 2 aromatic heterocycles. The Morgan fingerprint density at radius 3 is 2.50 bits per heavy atom. The maximum absolute atomic E-state index is 13.1. The van der Waals surface area contributed by atoms with E-state index in [0.29, 0.717) is 6.54 Å². The number of amides is 1. The van der Waals surface area contributed by atoms with Gasteiger partial charge in [0.1, 0.15) is 18.0 Å². The van der Waals surface area contributed by atoms with Gasteiger partial charge in [-0.1, -0.05) is 12.1 Å². The van der Waals surface area contributed by atoms with E-state index < -0.39 is 0 Å². The summed E-state index contributed by atoms with van der Waals surface area (Å²) in [5.74, 6) is 1.11. The van der Waals surface area contributed by atoms with E-state index in [4.69, 9.17) is 9.72 Å². The molecule has 168 valence electrons. The van der Waals surface area contributed by atoms with Crippen molar-refractivity contribution in [1.82, 2.24) is 14.5 Å². The maximum atomic E-state index is 13.1. The van der Waals surface area contributed by atoms with Gasteiger partial charge in [0.2, 0.25) is 5.91 Å². The van der Waals surface area contributed by atoms with Crippen LogP contribution in [0.3, 0.4) is 0 Å². The van der Waals surface area contributed by atoms with Crippen LogP contribution < -0.4 is 9.80 Å². The zero-order chi connectivity index (χ0) is 22.1. The van der Waals surface area contributed by atoms with Crippen molar-refractivity contribution in [3.05, 3.63) is 53.7 Å². The number of piperazine rings is 1. The summed E-state index contributed by atoms with van der Waals surface area (Å²) < 4.78 is 7.44. The molecule has 32 heavy (non-hydrogen) atoms. The molecule has 3 aromatic rings. The van der Waals surface area contributed by atoms with Gasteiger partial charge in [-0.2, -0.15) is 0 Å². The first-order valence-electron chi connectivity index (χ1n) is 11.5. The van der Waals surface area contributed by atoms with Crippen molar-refractivity contribution in [3.63, 3.8) is 0 Å². The van der Waals surface area contributed by atoms with Crippen LogP contribution in [0, 0.1) is 13.8 Å². The molecule has 0 bridgehead atoms. The standard InChI is InChI=1S/C25H31N5O2/c1-19-4-3-5-22(20(19)2)27-10-12-29(13-11-27)24(31)18-30-9-8-21-6-7-23(26-25(21)30)28-14-16-32-17-15-28/h3-9H,10-18H2,1-2H3. The minimum absolute atomic E-state index is 0.154. The lowest BCUT2D eigenvalue weighted by Gasteiger charge is -2.37. The van der Waals surface area contributed by atoms with Gasteiger partial charge in [-0.15, -0.1) is 0 Å². The summed E-state index contributed by atoms with van der Waals surface area (Å²) in [5, 5.41) is 1.06. The Hall–Kier alpha value is -3.06. The molecule has 2 fully saturated rings. The Labute approximate surface area is 189 Å². The summed E-state index contributed by atoms with van der Waals surface area (Å²) in [6.45, 7) is 11.0. The van der Waals surface area contributed by atoms with Crippen molar-refractivity contribution in [1.29, 1.82) is 0 Å². The summed E-state index contributed by atoms with van der Waals surface area (Å²) in [5.41, 5.74) is 4.79. The lowest BCUT2D eigenvalue weighted by atomic mass is 10.1. The fourth-order valence-electron chi connectivity index (χ4n) is 4.67. The largest absolute Gasteiger partial charge is 0.378 e. The average molecular weight is 434 g/mol. The van der Waals surface area contributed by atoms with Gasteiger partial charge in [0.15, 0.2) is 0 Å². The highest BCUT2D eigenvalue weighted by molar-refractivity contribution is 5.82. The van der Waals surface area contributed by atoms with Crippen LogP contribution in [0.5, 0.6) is 0 Å². The van der Waals surface area contributed by atoms with Gasteiger partial charge in [0.25, 0.3) is 0 Å². The lowest BCUT2D eigenvalue weighted by Crippen LogP contribution is -2.49. The number of aryl methyl sites for hydroxylation is 1. The lowest BCUT2D eigenvalue weighted by molar-refractivity contribution is -0.132. The first kappa shape index (κ1) is 20.8. The molecule has 2 saturated heterocycles. The topological polar surface area (TPSA) is 53.8 Å². The number of ether oxygens (including phenoxy) is 1. The number of nitrogens with zero attached hydrogens (tertiary/aromatic N) is 5. The fourth-order valence-corrected chi connectivity index (χ4v) is 4.67. The third-order valence-electron chi connectivity index (χ3n) is 6.79. The van der Waals surface area contributed by atoms with Crippen LogP contribution in [-0.4, -0.2) is 72.8 Å². The number of carbonyl (C=O) groups is 1. The number of carbonyl (C=O) groups excluding carboxylic acids is 1. The molecule has 0 unspecified atom stereocenters. The van der Waals surface area contributed by atoms with Crippen molar-refractivity contribution in [2.45, 2.75) is 20.4 Å². The second-order valence-electron chi connectivity index (χ2n) is 8.71. The number of rotatable bonds is 4. The van der Waals surface area contributed by atoms with E-state index in [1.54, 1.807) is 0 Å². The van der Waals surface area contributed by atoms with E-state index in [0.717, 1.165) is 69.3 Å². The van der Waals surface area contributed by atoms with E-state index in [9.17, 15) is 4.79 Å². The molecule has 1 amide bonds. The third kappa shape index (κ3) is 4.05. The molecule has 7 nitrogen and oxygen atoms in total. The number of aromatic nitrogens is 2. The molecule has 0 N–H and O–H groups in total. The number of hydrogen-bond acceptors (Lipinski definition) is 5. The molecule has 0 saturated carbocycles. The van der Waals surface area contributed by atoms with Gasteiger partial charge >= 0.3 is 0 Å². The Balaban J connectivity index is 1.26. The quantitative estimate of drug-likeness (QED) is 0.633. The Bertz CT molecular complexity index is 1110. The minimum Gasteiger partial charge on any atom is -0.378 e. The minimum atomic E-state index is 0.154. The molecule has 5 rings (SSSR count). The number of hydrogen-bond donors (Lipinski definition) is 0. The Kier molecular flexibility index (Phi) is 5.74. The molecule has 0 radical (unpaired) electrons. The van der Waals surface area contributed by atoms with Crippen LogP contribution in [0.2, 0.25) is 0 Å². The van der Waals surface area contributed by atoms with E-state index in [1.165, 1.54) is 16.8 Å². The number of benzene rings is 1. The molecule has 0 atom stereocenters. The van der Waals surface area contributed by atoms with E-state index in [-0.39, 0.29) is 5.91 Å². The van der Waals surface area contributed by atoms with Gasteiger partial charge in [-0.25, -0.2) is 4.98 Å². The molecule has 1 aromatic carbocycles. The summed E-state index contributed by atoms with van der Waals surface area (Å²) in [7, 11) is 0. The number of fused-ring (bicyclic) bond motifs is 1.